The summed E-state index contributed by atoms with van der Waals surface area (Å²) in [6.07, 6.45) is 2.05. The van der Waals surface area contributed by atoms with Crippen molar-refractivity contribution in [2.75, 3.05) is 0 Å². The molecule has 3 rings (SSSR count). The largest absolute Gasteiger partial charge is 0.289 e. The van der Waals surface area contributed by atoms with Crippen LogP contribution in [0.4, 0.5) is 0 Å². The maximum atomic E-state index is 13.3. The van der Waals surface area contributed by atoms with Crippen LogP contribution in [0.1, 0.15) is 35.3 Å². The fourth-order valence-electron chi connectivity index (χ4n) is 2.79. The molecule has 0 saturated carbocycles. The van der Waals surface area contributed by atoms with E-state index in [1.54, 1.807) is 0 Å². The first-order valence-corrected chi connectivity index (χ1v) is 9.39. The zero-order chi connectivity index (χ0) is 17.6. The third kappa shape index (κ3) is 3.95. The van der Waals surface area contributed by atoms with E-state index in [2.05, 4.69) is 18.2 Å². The van der Waals surface area contributed by atoms with Gasteiger partial charge < -0.3 is 0 Å². The lowest BCUT2D eigenvalue weighted by Gasteiger charge is -2.12. The molecule has 0 aliphatic heterocycles. The molecule has 2 heteroatoms. The van der Waals surface area contributed by atoms with Crippen LogP contribution >= 0.6 is 8.58 Å². The minimum Gasteiger partial charge on any atom is -0.289 e. The van der Waals surface area contributed by atoms with Gasteiger partial charge in [-0.3, -0.25) is 4.79 Å². The Bertz CT molecular complexity index is 910. The predicted molar refractivity (Wildman–Crippen MR) is 110 cm³/mol. The molecule has 0 bridgehead atoms. The molecule has 3 aromatic rings. The van der Waals surface area contributed by atoms with Crippen molar-refractivity contribution in [1.29, 1.82) is 0 Å². The average molecular weight is 344 g/mol. The second-order valence-electron chi connectivity index (χ2n) is 5.88. The Morgan fingerprint density at radius 2 is 1.32 bits per heavy atom. The van der Waals surface area contributed by atoms with Gasteiger partial charge in [0.2, 0.25) is 0 Å². The predicted octanol–water partition coefficient (Wildman–Crippen LogP) is 4.97. The molecule has 0 aromatic heterocycles. The lowest BCUT2D eigenvalue weighted by molar-refractivity contribution is 0.103. The van der Waals surface area contributed by atoms with Gasteiger partial charge in [-0.1, -0.05) is 93.5 Å². The number of hydrogen-bond donors (Lipinski definition) is 0. The summed E-state index contributed by atoms with van der Waals surface area (Å²) in [6, 6.07) is 26.1. The summed E-state index contributed by atoms with van der Waals surface area (Å²) >= 11 is 0. The number of allylic oxidation sites excluding steroid dienone is 2. The van der Waals surface area contributed by atoms with Gasteiger partial charge in [0.1, 0.15) is 0 Å². The molecule has 3 aromatic carbocycles. The minimum absolute atomic E-state index is 0.0934. The van der Waals surface area contributed by atoms with E-state index in [-0.39, 0.29) is 5.78 Å². The van der Waals surface area contributed by atoms with E-state index in [4.69, 9.17) is 0 Å². The number of carbonyl (C=O) groups is 1. The molecule has 0 spiro atoms. The van der Waals surface area contributed by atoms with Crippen molar-refractivity contribution < 1.29 is 4.79 Å². The molecule has 124 valence electrons. The van der Waals surface area contributed by atoms with E-state index in [9.17, 15) is 4.79 Å². The molecule has 0 aliphatic rings. The van der Waals surface area contributed by atoms with Crippen LogP contribution in [0.15, 0.2) is 84.9 Å². The highest BCUT2D eigenvalue weighted by Gasteiger charge is 2.17. The van der Waals surface area contributed by atoms with Crippen LogP contribution in [0, 0.1) is 0 Å². The maximum Gasteiger partial charge on any atom is 0.194 e. The first-order valence-electron chi connectivity index (χ1n) is 8.39. The van der Waals surface area contributed by atoms with Crippen LogP contribution in [0.5, 0.6) is 0 Å². The van der Waals surface area contributed by atoms with E-state index in [0.717, 1.165) is 27.6 Å². The quantitative estimate of drug-likeness (QED) is 0.472. The molecule has 25 heavy (non-hydrogen) atoms. The summed E-state index contributed by atoms with van der Waals surface area (Å²) in [5.74, 6) is 0.0934. The smallest absolute Gasteiger partial charge is 0.194 e. The molecule has 1 nitrogen and oxygen atoms in total. The van der Waals surface area contributed by atoms with Crippen LogP contribution in [0.3, 0.4) is 0 Å². The minimum atomic E-state index is 0.0934. The van der Waals surface area contributed by atoms with Crippen molar-refractivity contribution in [3.05, 3.63) is 102 Å². The average Bonchev–Trinajstić information content (AvgIpc) is 2.68. The fraction of sp³-hybridized carbons (Fsp3) is 0.0870. The summed E-state index contributed by atoms with van der Waals surface area (Å²) in [5.41, 5.74) is 3.68. The Kier molecular flexibility index (Phi) is 5.58. The van der Waals surface area contributed by atoms with Crippen molar-refractivity contribution in [3.8, 4) is 0 Å². The Morgan fingerprint density at radius 1 is 0.760 bits per heavy atom. The third-order valence-corrected chi connectivity index (χ3v) is 5.58. The Labute approximate surface area is 151 Å². The summed E-state index contributed by atoms with van der Waals surface area (Å²) in [6.45, 7) is 4.05. The maximum absolute atomic E-state index is 13.3. The lowest BCUT2D eigenvalue weighted by atomic mass is 9.94. The number of carbonyl (C=O) groups excluding carboxylic acids is 1. The van der Waals surface area contributed by atoms with E-state index in [1.165, 1.54) is 5.30 Å². The van der Waals surface area contributed by atoms with Crippen LogP contribution in [-0.2, 0) is 0 Å². The van der Waals surface area contributed by atoms with E-state index >= 15 is 0 Å². The van der Waals surface area contributed by atoms with Gasteiger partial charge >= 0.3 is 0 Å². The van der Waals surface area contributed by atoms with Crippen LogP contribution < -0.4 is 10.6 Å². The van der Waals surface area contributed by atoms with Crippen molar-refractivity contribution in [2.24, 2.45) is 0 Å². The lowest BCUT2D eigenvalue weighted by Crippen LogP contribution is -2.16. The summed E-state index contributed by atoms with van der Waals surface area (Å²) in [7, 11) is 0.469. The highest BCUT2D eigenvalue weighted by atomic mass is 31.1. The Balaban J connectivity index is 2.02. The zero-order valence-electron chi connectivity index (χ0n) is 14.5. The van der Waals surface area contributed by atoms with Gasteiger partial charge in [0.25, 0.3) is 0 Å². The SMILES string of the molecule is CC=C(C)c1ccccc1C(=O)c1ccccc1Pc1ccccc1. The van der Waals surface area contributed by atoms with E-state index < -0.39 is 0 Å². The molecule has 1 unspecified atom stereocenters. The number of benzene rings is 3. The van der Waals surface area contributed by atoms with Gasteiger partial charge in [-0.15, -0.1) is 0 Å². The third-order valence-electron chi connectivity index (χ3n) is 4.25. The molecule has 0 heterocycles. The second kappa shape index (κ2) is 8.05. The highest BCUT2D eigenvalue weighted by Crippen LogP contribution is 2.23. The molecule has 0 aliphatic carbocycles. The first-order chi connectivity index (χ1) is 12.2. The summed E-state index contributed by atoms with van der Waals surface area (Å²) < 4.78 is 0. The van der Waals surface area contributed by atoms with Crippen LogP contribution in [0.25, 0.3) is 5.57 Å². The summed E-state index contributed by atoms with van der Waals surface area (Å²) in [5, 5.41) is 2.33. The molecule has 1 atom stereocenters. The van der Waals surface area contributed by atoms with Gasteiger partial charge in [0.05, 0.1) is 0 Å². The van der Waals surface area contributed by atoms with Crippen molar-refractivity contribution >= 4 is 30.5 Å². The van der Waals surface area contributed by atoms with Gasteiger partial charge in [-0.25, -0.2) is 0 Å². The second-order valence-corrected chi connectivity index (χ2v) is 7.25. The first kappa shape index (κ1) is 17.3. The molecule has 0 radical (unpaired) electrons. The van der Waals surface area contributed by atoms with Crippen molar-refractivity contribution in [3.63, 3.8) is 0 Å². The van der Waals surface area contributed by atoms with E-state index in [1.807, 2.05) is 80.6 Å². The number of hydrogen-bond acceptors (Lipinski definition) is 1. The Hall–Kier alpha value is -2.50. The summed E-state index contributed by atoms with van der Waals surface area (Å²) in [4.78, 5) is 13.3. The highest BCUT2D eigenvalue weighted by molar-refractivity contribution is 7.55. The van der Waals surface area contributed by atoms with Crippen molar-refractivity contribution in [2.45, 2.75) is 13.8 Å². The molecule has 0 fully saturated rings. The van der Waals surface area contributed by atoms with Gasteiger partial charge in [0.15, 0.2) is 5.78 Å². The normalized spacial score (nSPS) is 11.8. The van der Waals surface area contributed by atoms with Gasteiger partial charge in [-0.2, -0.15) is 0 Å². The van der Waals surface area contributed by atoms with Crippen LogP contribution in [-0.4, -0.2) is 5.78 Å². The molecule has 0 amide bonds. The van der Waals surface area contributed by atoms with Gasteiger partial charge in [-0.05, 0) is 35.6 Å². The monoisotopic (exact) mass is 344 g/mol. The molecular formula is C23H21OP. The zero-order valence-corrected chi connectivity index (χ0v) is 15.5. The fourth-order valence-corrected chi connectivity index (χ4v) is 3.97. The van der Waals surface area contributed by atoms with Crippen LogP contribution in [0.2, 0.25) is 0 Å². The number of rotatable bonds is 5. The van der Waals surface area contributed by atoms with Crippen molar-refractivity contribution in [1.82, 2.24) is 0 Å². The molecule has 0 N–H and O–H groups in total. The molecule has 0 saturated heterocycles. The standard InChI is InChI=1S/C23H21OP/c1-3-17(2)19-13-7-8-14-20(19)23(24)21-15-9-10-16-22(21)25-18-11-5-4-6-12-18/h3-16,25H,1-2H3. The Morgan fingerprint density at radius 3 is 2.00 bits per heavy atom. The van der Waals surface area contributed by atoms with E-state index in [0.29, 0.717) is 8.58 Å². The topological polar surface area (TPSA) is 17.1 Å². The van der Waals surface area contributed by atoms with Gasteiger partial charge in [0, 0.05) is 11.1 Å². The molecular weight excluding hydrogens is 323 g/mol. The number of ketones is 1.